The SMILES string of the molecule is C=CCn1c(SCC(=O)Nc2c(C)cc(I)cc2C)nnc1[C@@H](C)NC(=O)c1ccccc1C. The molecule has 0 fully saturated rings. The van der Waals surface area contributed by atoms with Gasteiger partial charge in [-0.3, -0.25) is 9.59 Å². The van der Waals surface area contributed by atoms with Gasteiger partial charge in [0.05, 0.1) is 11.8 Å². The Kier molecular flexibility index (Phi) is 8.90. The van der Waals surface area contributed by atoms with Gasteiger partial charge in [0, 0.05) is 21.4 Å². The Hall–Kier alpha value is -2.66. The standard InChI is InChI=1S/C25H28IN5O2S/c1-6-11-31-23(18(5)27-24(33)20-10-8-7-9-15(20)2)29-30-25(31)34-14-21(32)28-22-16(3)12-19(26)13-17(22)4/h6-10,12-13,18H,1,11,14H2,2-5H3,(H,27,33)(H,28,32)/t18-/m1/s1. The summed E-state index contributed by atoms with van der Waals surface area (Å²) in [6.07, 6.45) is 1.74. The molecule has 178 valence electrons. The molecule has 0 aliphatic heterocycles. The molecule has 9 heteroatoms. The lowest BCUT2D eigenvalue weighted by Gasteiger charge is -2.16. The van der Waals surface area contributed by atoms with Crippen LogP contribution < -0.4 is 10.6 Å². The number of allylic oxidation sites excluding steroid dienone is 1. The second kappa shape index (κ2) is 11.7. The van der Waals surface area contributed by atoms with Crippen LogP contribution >= 0.6 is 34.4 Å². The molecule has 34 heavy (non-hydrogen) atoms. The van der Waals surface area contributed by atoms with Crippen LogP contribution in [0.2, 0.25) is 0 Å². The van der Waals surface area contributed by atoms with E-state index in [2.05, 4.69) is 50.0 Å². The third kappa shape index (κ3) is 6.26. The summed E-state index contributed by atoms with van der Waals surface area (Å²) in [5.74, 6) is 0.502. The van der Waals surface area contributed by atoms with Crippen LogP contribution in [0.1, 0.15) is 45.8 Å². The predicted octanol–water partition coefficient (Wildman–Crippen LogP) is 5.22. The van der Waals surface area contributed by atoms with Crippen LogP contribution in [0, 0.1) is 24.3 Å². The highest BCUT2D eigenvalue weighted by molar-refractivity contribution is 14.1. The van der Waals surface area contributed by atoms with Gasteiger partial charge in [0.2, 0.25) is 5.91 Å². The number of thioether (sulfide) groups is 1. The number of carbonyl (C=O) groups excluding carboxylic acids is 2. The molecule has 2 amide bonds. The first-order chi connectivity index (χ1) is 16.2. The first-order valence-corrected chi connectivity index (χ1v) is 12.9. The number of nitrogens with zero attached hydrogens (tertiary/aromatic N) is 3. The maximum Gasteiger partial charge on any atom is 0.252 e. The van der Waals surface area contributed by atoms with Crippen LogP contribution in [0.4, 0.5) is 5.69 Å². The number of carbonyl (C=O) groups is 2. The van der Waals surface area contributed by atoms with Gasteiger partial charge >= 0.3 is 0 Å². The van der Waals surface area contributed by atoms with E-state index in [4.69, 9.17) is 0 Å². The highest BCUT2D eigenvalue weighted by Crippen LogP contribution is 2.25. The smallest absolute Gasteiger partial charge is 0.252 e. The van der Waals surface area contributed by atoms with Crippen molar-refractivity contribution in [3.05, 3.63) is 80.7 Å². The molecule has 0 aliphatic rings. The Bertz CT molecular complexity index is 1200. The number of aryl methyl sites for hydroxylation is 3. The lowest BCUT2D eigenvalue weighted by atomic mass is 10.1. The number of benzene rings is 2. The minimum Gasteiger partial charge on any atom is -0.342 e. The van der Waals surface area contributed by atoms with Gasteiger partial charge in [-0.05, 0) is 85.2 Å². The largest absolute Gasteiger partial charge is 0.342 e. The molecule has 0 bridgehead atoms. The molecule has 7 nitrogen and oxygen atoms in total. The Balaban J connectivity index is 1.70. The van der Waals surface area contributed by atoms with Crippen LogP contribution in [-0.4, -0.2) is 32.3 Å². The minimum atomic E-state index is -0.375. The van der Waals surface area contributed by atoms with Crippen LogP contribution in [0.15, 0.2) is 54.2 Å². The van der Waals surface area contributed by atoms with E-state index in [1.54, 1.807) is 12.1 Å². The summed E-state index contributed by atoms with van der Waals surface area (Å²) in [6, 6.07) is 11.1. The van der Waals surface area contributed by atoms with Crippen molar-refractivity contribution in [1.29, 1.82) is 0 Å². The van der Waals surface area contributed by atoms with E-state index in [9.17, 15) is 9.59 Å². The van der Waals surface area contributed by atoms with Gasteiger partial charge in [-0.2, -0.15) is 0 Å². The topological polar surface area (TPSA) is 88.9 Å². The summed E-state index contributed by atoms with van der Waals surface area (Å²) in [5, 5.41) is 15.2. The Morgan fingerprint density at radius 3 is 2.47 bits per heavy atom. The van der Waals surface area contributed by atoms with E-state index >= 15 is 0 Å². The van der Waals surface area contributed by atoms with E-state index in [0.29, 0.717) is 23.1 Å². The zero-order chi connectivity index (χ0) is 24.8. The third-order valence-corrected chi connectivity index (χ3v) is 6.87. The molecule has 0 saturated heterocycles. The molecule has 3 aromatic rings. The van der Waals surface area contributed by atoms with Crippen LogP contribution in [0.3, 0.4) is 0 Å². The van der Waals surface area contributed by atoms with Crippen LogP contribution in [0.25, 0.3) is 0 Å². The van der Waals surface area contributed by atoms with Gasteiger partial charge in [-0.1, -0.05) is 36.0 Å². The van der Waals surface area contributed by atoms with E-state index in [1.165, 1.54) is 11.8 Å². The summed E-state index contributed by atoms with van der Waals surface area (Å²) in [5.41, 5.74) is 4.42. The number of rotatable bonds is 9. The Morgan fingerprint density at radius 2 is 1.82 bits per heavy atom. The zero-order valence-electron chi connectivity index (χ0n) is 19.7. The van der Waals surface area contributed by atoms with Gasteiger partial charge in [0.25, 0.3) is 5.91 Å². The molecule has 2 N–H and O–H groups in total. The number of halogens is 1. The number of hydrogen-bond acceptors (Lipinski definition) is 5. The molecule has 0 radical (unpaired) electrons. The number of nitrogens with one attached hydrogen (secondary N) is 2. The average Bonchev–Trinajstić information content (AvgIpc) is 3.18. The molecule has 0 unspecified atom stereocenters. The second-order valence-corrected chi connectivity index (χ2v) is 10.2. The fourth-order valence-electron chi connectivity index (χ4n) is 3.61. The van der Waals surface area contributed by atoms with Crippen molar-refractivity contribution in [3.63, 3.8) is 0 Å². The van der Waals surface area contributed by atoms with Crippen molar-refractivity contribution >= 4 is 51.9 Å². The van der Waals surface area contributed by atoms with E-state index in [1.807, 2.05) is 62.6 Å². The molecule has 0 saturated carbocycles. The predicted molar refractivity (Wildman–Crippen MR) is 145 cm³/mol. The highest BCUT2D eigenvalue weighted by atomic mass is 127. The van der Waals surface area contributed by atoms with E-state index in [-0.39, 0.29) is 23.6 Å². The normalized spacial score (nSPS) is 11.7. The maximum absolute atomic E-state index is 12.7. The molecule has 1 atom stereocenters. The Labute approximate surface area is 218 Å². The van der Waals surface area contributed by atoms with Crippen molar-refractivity contribution in [3.8, 4) is 0 Å². The number of aromatic nitrogens is 3. The van der Waals surface area contributed by atoms with Crippen LogP contribution in [-0.2, 0) is 11.3 Å². The van der Waals surface area contributed by atoms with Crippen LogP contribution in [0.5, 0.6) is 0 Å². The van der Waals surface area contributed by atoms with Crippen molar-refractivity contribution in [2.75, 3.05) is 11.1 Å². The molecular formula is C25H28IN5O2S. The molecule has 3 rings (SSSR count). The molecule has 2 aromatic carbocycles. The first kappa shape index (κ1) is 26.0. The van der Waals surface area contributed by atoms with Gasteiger partial charge in [0.1, 0.15) is 0 Å². The fraction of sp³-hybridized carbons (Fsp3) is 0.280. The third-order valence-electron chi connectivity index (χ3n) is 5.28. The lowest BCUT2D eigenvalue weighted by molar-refractivity contribution is -0.113. The quantitative estimate of drug-likeness (QED) is 0.203. The second-order valence-electron chi connectivity index (χ2n) is 8.00. The zero-order valence-corrected chi connectivity index (χ0v) is 22.7. The van der Waals surface area contributed by atoms with Crippen molar-refractivity contribution in [2.24, 2.45) is 0 Å². The van der Waals surface area contributed by atoms with E-state index in [0.717, 1.165) is 25.9 Å². The molecule has 0 spiro atoms. The summed E-state index contributed by atoms with van der Waals surface area (Å²) < 4.78 is 3.00. The maximum atomic E-state index is 12.7. The van der Waals surface area contributed by atoms with Crippen molar-refractivity contribution < 1.29 is 9.59 Å². The van der Waals surface area contributed by atoms with Crippen molar-refractivity contribution in [2.45, 2.75) is 45.4 Å². The summed E-state index contributed by atoms with van der Waals surface area (Å²) >= 11 is 3.57. The summed E-state index contributed by atoms with van der Waals surface area (Å²) in [6.45, 7) is 12.0. The van der Waals surface area contributed by atoms with E-state index < -0.39 is 0 Å². The number of amides is 2. The molecule has 1 aromatic heterocycles. The highest BCUT2D eigenvalue weighted by Gasteiger charge is 2.21. The van der Waals surface area contributed by atoms with Gasteiger partial charge in [-0.25, -0.2) is 0 Å². The average molecular weight is 590 g/mol. The first-order valence-electron chi connectivity index (χ1n) is 10.8. The molecule has 0 aliphatic carbocycles. The number of hydrogen-bond donors (Lipinski definition) is 2. The lowest BCUT2D eigenvalue weighted by Crippen LogP contribution is -2.29. The van der Waals surface area contributed by atoms with Crippen molar-refractivity contribution in [1.82, 2.24) is 20.1 Å². The fourth-order valence-corrected chi connectivity index (χ4v) is 5.30. The number of anilines is 1. The van der Waals surface area contributed by atoms with Gasteiger partial charge in [0.15, 0.2) is 11.0 Å². The van der Waals surface area contributed by atoms with Gasteiger partial charge in [-0.15, -0.1) is 16.8 Å². The Morgan fingerprint density at radius 1 is 1.15 bits per heavy atom. The molecular weight excluding hydrogens is 561 g/mol. The monoisotopic (exact) mass is 589 g/mol. The summed E-state index contributed by atoms with van der Waals surface area (Å²) in [4.78, 5) is 25.4. The minimum absolute atomic E-state index is 0.118. The summed E-state index contributed by atoms with van der Waals surface area (Å²) in [7, 11) is 0. The van der Waals surface area contributed by atoms with Gasteiger partial charge < -0.3 is 15.2 Å². The molecule has 1 heterocycles.